The summed E-state index contributed by atoms with van der Waals surface area (Å²) < 4.78 is 0. The van der Waals surface area contributed by atoms with Gasteiger partial charge in [0.05, 0.1) is 6.04 Å². The number of barbiturate groups is 1. The molecule has 1 rings (SSSR count). The molecular formula is C11H19N3O3. The van der Waals surface area contributed by atoms with E-state index >= 15 is 0 Å². The quantitative estimate of drug-likeness (QED) is 0.708. The van der Waals surface area contributed by atoms with Crippen LogP contribution >= 0.6 is 0 Å². The van der Waals surface area contributed by atoms with Crippen LogP contribution < -0.4 is 5.32 Å². The third-order valence-electron chi connectivity index (χ3n) is 2.83. The van der Waals surface area contributed by atoms with Crippen LogP contribution in [0.4, 0.5) is 4.79 Å². The van der Waals surface area contributed by atoms with Crippen LogP contribution in [0.15, 0.2) is 0 Å². The lowest BCUT2D eigenvalue weighted by Crippen LogP contribution is -2.64. The van der Waals surface area contributed by atoms with E-state index in [0.29, 0.717) is 6.54 Å². The fraction of sp³-hybridized carbons (Fsp3) is 0.727. The maximum absolute atomic E-state index is 12.1. The van der Waals surface area contributed by atoms with Crippen molar-refractivity contribution in [2.75, 3.05) is 20.6 Å². The summed E-state index contributed by atoms with van der Waals surface area (Å²) >= 11 is 0. The second kappa shape index (κ2) is 4.44. The molecule has 1 N–H and O–H groups in total. The number of carbonyl (C=O) groups is 3. The summed E-state index contributed by atoms with van der Waals surface area (Å²) in [6.45, 7) is 5.38. The molecule has 1 heterocycles. The van der Waals surface area contributed by atoms with Gasteiger partial charge in [0.15, 0.2) is 0 Å². The lowest BCUT2D eigenvalue weighted by molar-refractivity contribution is -0.150. The number of nitrogens with zero attached hydrogens (tertiary/aromatic N) is 2. The molecule has 1 saturated heterocycles. The summed E-state index contributed by atoms with van der Waals surface area (Å²) in [5, 5.41) is 2.21. The van der Waals surface area contributed by atoms with E-state index in [9.17, 15) is 14.4 Å². The van der Waals surface area contributed by atoms with Crippen LogP contribution in [0, 0.1) is 5.41 Å². The number of amides is 4. The molecule has 17 heavy (non-hydrogen) atoms. The van der Waals surface area contributed by atoms with Crippen molar-refractivity contribution < 1.29 is 14.4 Å². The van der Waals surface area contributed by atoms with Gasteiger partial charge in [0.25, 0.3) is 0 Å². The maximum atomic E-state index is 12.1. The summed E-state index contributed by atoms with van der Waals surface area (Å²) in [6.07, 6.45) is 0. The molecule has 6 nitrogen and oxygen atoms in total. The minimum atomic E-state index is -1.19. The zero-order chi connectivity index (χ0) is 13.4. The number of likely N-dealkylation sites (N-methyl/N-ethyl adjacent to an activating group) is 1. The predicted octanol–water partition coefficient (Wildman–Crippen LogP) is 0.0411. The van der Waals surface area contributed by atoms with Crippen LogP contribution in [0.2, 0.25) is 0 Å². The molecule has 0 spiro atoms. The van der Waals surface area contributed by atoms with Crippen LogP contribution in [0.1, 0.15) is 20.8 Å². The molecule has 0 radical (unpaired) electrons. The van der Waals surface area contributed by atoms with Gasteiger partial charge in [-0.05, 0) is 34.9 Å². The van der Waals surface area contributed by atoms with E-state index in [1.54, 1.807) is 6.92 Å². The summed E-state index contributed by atoms with van der Waals surface area (Å²) in [7, 11) is 3.72. The van der Waals surface area contributed by atoms with Crippen LogP contribution in [0.5, 0.6) is 0 Å². The van der Waals surface area contributed by atoms with E-state index in [2.05, 4.69) is 5.32 Å². The zero-order valence-electron chi connectivity index (χ0n) is 10.9. The summed E-state index contributed by atoms with van der Waals surface area (Å²) in [5.41, 5.74) is -1.19. The smallest absolute Gasteiger partial charge is 0.307 e. The molecular weight excluding hydrogens is 222 g/mol. The Hall–Kier alpha value is -1.43. The first-order valence-electron chi connectivity index (χ1n) is 5.51. The molecule has 1 aliphatic heterocycles. The Kier molecular flexibility index (Phi) is 3.56. The zero-order valence-corrected chi connectivity index (χ0v) is 10.9. The first kappa shape index (κ1) is 13.6. The van der Waals surface area contributed by atoms with Gasteiger partial charge in [-0.25, -0.2) is 4.79 Å². The number of hydrogen-bond acceptors (Lipinski definition) is 4. The van der Waals surface area contributed by atoms with Crippen LogP contribution in [0.3, 0.4) is 0 Å². The van der Waals surface area contributed by atoms with Crippen molar-refractivity contribution in [1.82, 2.24) is 15.1 Å². The van der Waals surface area contributed by atoms with Gasteiger partial charge in [0.1, 0.15) is 5.41 Å². The van der Waals surface area contributed by atoms with Crippen LogP contribution in [-0.4, -0.2) is 54.3 Å². The molecule has 0 aliphatic carbocycles. The number of imide groups is 2. The Balaban J connectivity index is 2.95. The van der Waals surface area contributed by atoms with Crippen molar-refractivity contribution in [2.45, 2.75) is 26.8 Å². The average Bonchev–Trinajstić information content (AvgIpc) is 2.14. The average molecular weight is 241 g/mol. The molecule has 1 fully saturated rings. The third kappa shape index (κ3) is 2.46. The minimum Gasteiger partial charge on any atom is -0.307 e. The Morgan fingerprint density at radius 1 is 1.29 bits per heavy atom. The Labute approximate surface area is 101 Å². The molecule has 0 aromatic heterocycles. The largest absolute Gasteiger partial charge is 0.331 e. The predicted molar refractivity (Wildman–Crippen MR) is 62.2 cm³/mol. The fourth-order valence-corrected chi connectivity index (χ4v) is 1.81. The highest BCUT2D eigenvalue weighted by atomic mass is 16.2. The van der Waals surface area contributed by atoms with E-state index in [-0.39, 0.29) is 6.04 Å². The lowest BCUT2D eigenvalue weighted by atomic mass is 9.88. The molecule has 4 amide bonds. The molecule has 1 aliphatic rings. The number of carbonyl (C=O) groups excluding carboxylic acids is 3. The highest BCUT2D eigenvalue weighted by Crippen LogP contribution is 2.24. The molecule has 1 atom stereocenters. The minimum absolute atomic E-state index is 0.273. The van der Waals surface area contributed by atoms with Gasteiger partial charge in [-0.1, -0.05) is 0 Å². The van der Waals surface area contributed by atoms with E-state index < -0.39 is 23.3 Å². The third-order valence-corrected chi connectivity index (χ3v) is 2.83. The van der Waals surface area contributed by atoms with Gasteiger partial charge in [0, 0.05) is 6.54 Å². The Morgan fingerprint density at radius 3 is 2.29 bits per heavy atom. The second-order valence-electron chi connectivity index (χ2n) is 5.17. The molecule has 0 bridgehead atoms. The van der Waals surface area contributed by atoms with Crippen molar-refractivity contribution in [3.63, 3.8) is 0 Å². The SMILES string of the molecule is CC(CN(C)C)N1C(=O)NC(=O)C(C)(C)C1=O. The van der Waals surface area contributed by atoms with Crippen LogP contribution in [0.25, 0.3) is 0 Å². The number of nitrogens with one attached hydrogen (secondary N) is 1. The molecule has 6 heteroatoms. The van der Waals surface area contributed by atoms with Crippen molar-refractivity contribution >= 4 is 17.8 Å². The van der Waals surface area contributed by atoms with Gasteiger partial charge in [-0.2, -0.15) is 0 Å². The summed E-state index contributed by atoms with van der Waals surface area (Å²) in [5.74, 6) is -0.985. The molecule has 0 aromatic rings. The van der Waals surface area contributed by atoms with E-state index in [0.717, 1.165) is 4.90 Å². The van der Waals surface area contributed by atoms with E-state index in [1.165, 1.54) is 13.8 Å². The van der Waals surface area contributed by atoms with Gasteiger partial charge in [0.2, 0.25) is 11.8 Å². The monoisotopic (exact) mass is 241 g/mol. The number of rotatable bonds is 3. The summed E-state index contributed by atoms with van der Waals surface area (Å²) in [6, 6.07) is -0.904. The molecule has 1 unspecified atom stereocenters. The number of hydrogen-bond donors (Lipinski definition) is 1. The topological polar surface area (TPSA) is 69.7 Å². The lowest BCUT2D eigenvalue weighted by Gasteiger charge is -2.38. The first-order valence-corrected chi connectivity index (χ1v) is 5.51. The van der Waals surface area contributed by atoms with Crippen molar-refractivity contribution in [3.8, 4) is 0 Å². The second-order valence-corrected chi connectivity index (χ2v) is 5.17. The maximum Gasteiger partial charge on any atom is 0.331 e. The highest BCUT2D eigenvalue weighted by Gasteiger charge is 2.48. The van der Waals surface area contributed by atoms with Gasteiger partial charge >= 0.3 is 6.03 Å². The van der Waals surface area contributed by atoms with E-state index in [4.69, 9.17) is 0 Å². The van der Waals surface area contributed by atoms with Crippen LogP contribution in [-0.2, 0) is 9.59 Å². The first-order chi connectivity index (χ1) is 7.67. The fourth-order valence-electron chi connectivity index (χ4n) is 1.81. The molecule has 96 valence electrons. The molecule has 0 saturated carbocycles. The highest BCUT2D eigenvalue weighted by molar-refractivity contribution is 6.18. The summed E-state index contributed by atoms with van der Waals surface area (Å²) in [4.78, 5) is 38.3. The number of urea groups is 1. The van der Waals surface area contributed by atoms with Crippen molar-refractivity contribution in [1.29, 1.82) is 0 Å². The van der Waals surface area contributed by atoms with Gasteiger partial charge in [-0.3, -0.25) is 19.8 Å². The normalized spacial score (nSPS) is 21.8. The standard InChI is InChI=1S/C11H19N3O3/c1-7(6-13(4)5)14-9(16)11(2,3)8(15)12-10(14)17/h7H,6H2,1-5H3,(H,12,15,17). The van der Waals surface area contributed by atoms with Gasteiger partial charge < -0.3 is 4.90 Å². The van der Waals surface area contributed by atoms with E-state index in [1.807, 2.05) is 19.0 Å². The Bertz CT molecular complexity index is 363. The van der Waals surface area contributed by atoms with Crippen molar-refractivity contribution in [2.24, 2.45) is 5.41 Å². The van der Waals surface area contributed by atoms with Crippen molar-refractivity contribution in [3.05, 3.63) is 0 Å². The Morgan fingerprint density at radius 2 is 1.82 bits per heavy atom. The van der Waals surface area contributed by atoms with Gasteiger partial charge in [-0.15, -0.1) is 0 Å². The molecule has 0 aromatic carbocycles.